The van der Waals surface area contributed by atoms with Gasteiger partial charge in [-0.2, -0.15) is 0 Å². The van der Waals surface area contributed by atoms with Crippen molar-refractivity contribution < 1.29 is 56.9 Å². The molecule has 2 aromatic carbocycles. The van der Waals surface area contributed by atoms with E-state index in [0.29, 0.717) is 132 Å². The highest BCUT2D eigenvalue weighted by molar-refractivity contribution is 14.1. The Morgan fingerprint density at radius 2 is 0.800 bits per heavy atom. The van der Waals surface area contributed by atoms with Gasteiger partial charge in [-0.05, 0) is 39.5 Å². The van der Waals surface area contributed by atoms with Crippen LogP contribution >= 0.6 is 22.6 Å². The van der Waals surface area contributed by atoms with Crippen LogP contribution in [-0.4, -0.2) is 156 Å². The van der Waals surface area contributed by atoms with E-state index in [0.717, 1.165) is 13.0 Å². The van der Waals surface area contributed by atoms with Crippen molar-refractivity contribution in [1.82, 2.24) is 5.32 Å². The van der Waals surface area contributed by atoms with Gasteiger partial charge in [0.15, 0.2) is 0 Å². The Morgan fingerprint density at radius 1 is 0.455 bits per heavy atom. The molecule has 1 N–H and O–H groups in total. The lowest BCUT2D eigenvalue weighted by atomic mass is 9.98. The van der Waals surface area contributed by atoms with E-state index in [1.807, 2.05) is 24.3 Å². The molecule has 0 atom stereocenters. The number of alkyl carbamates (subject to hydrolysis) is 1. The maximum Gasteiger partial charge on any atom is 0.407 e. The Morgan fingerprint density at radius 3 is 1.20 bits per heavy atom. The molecule has 0 unspecified atom stereocenters. The van der Waals surface area contributed by atoms with Gasteiger partial charge in [-0.3, -0.25) is 0 Å². The van der Waals surface area contributed by atoms with E-state index in [9.17, 15) is 4.79 Å². The van der Waals surface area contributed by atoms with Gasteiger partial charge in [-0.25, -0.2) is 4.79 Å². The van der Waals surface area contributed by atoms with Gasteiger partial charge in [0.25, 0.3) is 0 Å². The van der Waals surface area contributed by atoms with Crippen LogP contribution in [0.25, 0.3) is 11.1 Å². The first-order valence-electron chi connectivity index (χ1n) is 19.7. The van der Waals surface area contributed by atoms with Gasteiger partial charge in [0.1, 0.15) is 6.61 Å². The fourth-order valence-corrected chi connectivity index (χ4v) is 6.15. The summed E-state index contributed by atoms with van der Waals surface area (Å²) in [5.41, 5.74) is 4.78. The van der Waals surface area contributed by atoms with Crippen molar-refractivity contribution in [1.29, 1.82) is 0 Å². The monoisotopic (exact) mass is 889 g/mol. The van der Waals surface area contributed by atoms with E-state index in [1.165, 1.54) is 45.9 Å². The number of carbonyl (C=O) groups excluding carboxylic acids is 1. The third-order valence-electron chi connectivity index (χ3n) is 8.38. The van der Waals surface area contributed by atoms with Crippen molar-refractivity contribution in [2.45, 2.75) is 31.6 Å². The average molecular weight is 890 g/mol. The van der Waals surface area contributed by atoms with Gasteiger partial charge in [-0.15, -0.1) is 0 Å². The molecule has 14 heteroatoms. The molecule has 55 heavy (non-hydrogen) atoms. The number of hydrogen-bond acceptors (Lipinski definition) is 12. The van der Waals surface area contributed by atoms with Crippen LogP contribution in [0.15, 0.2) is 48.5 Å². The van der Waals surface area contributed by atoms with E-state index in [2.05, 4.69) is 52.2 Å². The quantitative estimate of drug-likeness (QED) is 0.0506. The number of nitrogens with one attached hydrogen (secondary N) is 1. The first-order chi connectivity index (χ1) is 27.3. The molecule has 0 radical (unpaired) electrons. The highest BCUT2D eigenvalue weighted by atomic mass is 127. The number of benzene rings is 2. The lowest BCUT2D eigenvalue weighted by Gasteiger charge is -2.14. The second-order valence-corrected chi connectivity index (χ2v) is 13.6. The fourth-order valence-electron chi connectivity index (χ4n) is 5.61. The third kappa shape index (κ3) is 23.1. The molecule has 3 rings (SSSR count). The molecule has 1 aliphatic carbocycles. The topological polar surface area (TPSA) is 131 Å². The lowest BCUT2D eigenvalue weighted by molar-refractivity contribution is -0.0264. The first kappa shape index (κ1) is 47.4. The van der Waals surface area contributed by atoms with Crippen molar-refractivity contribution in [3.63, 3.8) is 0 Å². The maximum atomic E-state index is 12.2. The second kappa shape index (κ2) is 34.1. The van der Waals surface area contributed by atoms with Crippen LogP contribution in [0.2, 0.25) is 0 Å². The number of ether oxygens (including phenoxy) is 11. The van der Waals surface area contributed by atoms with Crippen molar-refractivity contribution in [2.75, 3.05) is 150 Å². The molecule has 0 spiro atoms. The summed E-state index contributed by atoms with van der Waals surface area (Å²) >= 11 is 2.42. The number of rotatable bonds is 38. The molecule has 0 fully saturated rings. The third-order valence-corrected chi connectivity index (χ3v) is 9.14. The van der Waals surface area contributed by atoms with E-state index in [4.69, 9.17) is 52.1 Å². The Balaban J connectivity index is 0.941. The molecule has 1 amide bonds. The van der Waals surface area contributed by atoms with Gasteiger partial charge >= 0.3 is 6.09 Å². The first-order valence-corrected chi connectivity index (χ1v) is 21.3. The smallest absolute Gasteiger partial charge is 0.407 e. The van der Waals surface area contributed by atoms with Crippen molar-refractivity contribution in [2.24, 2.45) is 0 Å². The fraction of sp³-hybridized carbons (Fsp3) is 0.683. The number of fused-ring (bicyclic) bond motifs is 3. The summed E-state index contributed by atoms with van der Waals surface area (Å²) in [6, 6.07) is 16.5. The molecule has 2 aromatic rings. The van der Waals surface area contributed by atoms with E-state index in [-0.39, 0.29) is 12.5 Å². The minimum atomic E-state index is -0.450. The van der Waals surface area contributed by atoms with Crippen molar-refractivity contribution >= 4 is 28.7 Å². The van der Waals surface area contributed by atoms with Gasteiger partial charge in [0.2, 0.25) is 0 Å². The van der Waals surface area contributed by atoms with Crippen LogP contribution in [0.3, 0.4) is 0 Å². The standard InChI is InChI=1S/C41H64INO12/c42-13-7-1-2-8-15-45-17-19-47-21-23-49-25-27-51-29-31-53-33-34-54-32-30-52-28-26-50-24-22-48-20-18-46-16-14-43-41(44)55-35-40-38-11-5-3-9-36(38)37-10-4-6-12-39(37)40/h3-6,9-12,40H,1-2,7-8,13-35H2,(H,43,44). The number of alkyl halides is 1. The van der Waals surface area contributed by atoms with E-state index >= 15 is 0 Å². The summed E-state index contributed by atoms with van der Waals surface area (Å²) in [5.74, 6) is 0.0386. The van der Waals surface area contributed by atoms with Gasteiger partial charge in [0, 0.05) is 19.1 Å². The van der Waals surface area contributed by atoms with Gasteiger partial charge in [-0.1, -0.05) is 84.0 Å². The van der Waals surface area contributed by atoms with Crippen molar-refractivity contribution in [3.05, 3.63) is 59.7 Å². The van der Waals surface area contributed by atoms with Crippen LogP contribution < -0.4 is 5.32 Å². The van der Waals surface area contributed by atoms with E-state index < -0.39 is 6.09 Å². The molecule has 13 nitrogen and oxygen atoms in total. The SMILES string of the molecule is O=C(NCCOCCOCCOCCOCCOCCOCCOCCOCCOCCOCCCCCCI)OCC1c2ccccc2-c2ccccc21. The van der Waals surface area contributed by atoms with Crippen molar-refractivity contribution in [3.8, 4) is 11.1 Å². The molecule has 0 heterocycles. The zero-order chi connectivity index (χ0) is 38.7. The molecular weight excluding hydrogens is 825 g/mol. The van der Waals surface area contributed by atoms with Crippen LogP contribution in [0, 0.1) is 0 Å². The molecule has 0 saturated heterocycles. The van der Waals surface area contributed by atoms with Crippen LogP contribution in [0.1, 0.15) is 42.7 Å². The summed E-state index contributed by atoms with van der Waals surface area (Å²) < 4.78 is 61.9. The largest absolute Gasteiger partial charge is 0.449 e. The zero-order valence-corrected chi connectivity index (χ0v) is 34.7. The average Bonchev–Trinajstić information content (AvgIpc) is 3.53. The Bertz CT molecular complexity index is 1170. The Kier molecular flexibility index (Phi) is 29.4. The minimum Gasteiger partial charge on any atom is -0.449 e. The molecule has 0 saturated carbocycles. The van der Waals surface area contributed by atoms with Gasteiger partial charge in [0.05, 0.1) is 126 Å². The number of hydrogen-bond donors (Lipinski definition) is 1. The normalized spacial score (nSPS) is 12.2. The Labute approximate surface area is 341 Å². The summed E-state index contributed by atoms with van der Waals surface area (Å²) in [6.45, 7) is 11.1. The van der Waals surface area contributed by atoms with Crippen LogP contribution in [0.5, 0.6) is 0 Å². The van der Waals surface area contributed by atoms with Gasteiger partial charge < -0.3 is 57.4 Å². The molecule has 0 aromatic heterocycles. The second-order valence-electron chi connectivity index (χ2n) is 12.5. The number of carbonyl (C=O) groups is 1. The summed E-state index contributed by atoms with van der Waals surface area (Å²) in [6.07, 6.45) is 4.51. The summed E-state index contributed by atoms with van der Waals surface area (Å²) in [7, 11) is 0. The molecule has 0 bridgehead atoms. The minimum absolute atomic E-state index is 0.0386. The number of halogens is 1. The highest BCUT2D eigenvalue weighted by Crippen LogP contribution is 2.44. The highest BCUT2D eigenvalue weighted by Gasteiger charge is 2.28. The predicted molar refractivity (Wildman–Crippen MR) is 219 cm³/mol. The lowest BCUT2D eigenvalue weighted by Crippen LogP contribution is -2.29. The summed E-state index contributed by atoms with van der Waals surface area (Å²) in [5, 5.41) is 2.75. The zero-order valence-electron chi connectivity index (χ0n) is 32.6. The van der Waals surface area contributed by atoms with Crippen LogP contribution in [0.4, 0.5) is 4.79 Å². The molecular formula is C41H64INO12. The molecule has 1 aliphatic rings. The molecule has 0 aliphatic heterocycles. The maximum absolute atomic E-state index is 12.2. The number of amides is 1. The number of unbranched alkanes of at least 4 members (excludes halogenated alkanes) is 3. The molecule has 312 valence electrons. The summed E-state index contributed by atoms with van der Waals surface area (Å²) in [4.78, 5) is 12.2. The van der Waals surface area contributed by atoms with E-state index in [1.54, 1.807) is 0 Å². The Hall–Kier alpha value is -1.96. The van der Waals surface area contributed by atoms with Crippen LogP contribution in [-0.2, 0) is 52.1 Å². The predicted octanol–water partition coefficient (Wildman–Crippen LogP) is 5.69.